The van der Waals surface area contributed by atoms with Gasteiger partial charge in [-0.25, -0.2) is 0 Å². The van der Waals surface area contributed by atoms with Gasteiger partial charge in [0.15, 0.2) is 5.96 Å². The number of benzene rings is 1. The van der Waals surface area contributed by atoms with E-state index >= 15 is 0 Å². The van der Waals surface area contributed by atoms with Gasteiger partial charge < -0.3 is 20.3 Å². The van der Waals surface area contributed by atoms with E-state index in [0.29, 0.717) is 32.0 Å². The smallest absolute Gasteiger partial charge is 0.224 e. The fourth-order valence-corrected chi connectivity index (χ4v) is 3.15. The molecule has 2 rings (SSSR count). The zero-order chi connectivity index (χ0) is 19.5. The summed E-state index contributed by atoms with van der Waals surface area (Å²) in [7, 11) is 0. The second-order valence-corrected chi connectivity index (χ2v) is 7.19. The first-order valence-corrected chi connectivity index (χ1v) is 10.1. The lowest BCUT2D eigenvalue weighted by molar-refractivity contribution is -0.132. The van der Waals surface area contributed by atoms with Gasteiger partial charge in [0, 0.05) is 26.1 Å². The Balaban J connectivity index is 1.69. The van der Waals surface area contributed by atoms with Gasteiger partial charge in [0.1, 0.15) is 12.4 Å². The molecule has 0 bridgehead atoms. The molecule has 1 aliphatic heterocycles. The van der Waals surface area contributed by atoms with Crippen LogP contribution in [0.25, 0.3) is 0 Å². The van der Waals surface area contributed by atoms with Crippen LogP contribution in [0.1, 0.15) is 38.7 Å². The quantitative estimate of drug-likeness (QED) is 0.417. The Hall–Kier alpha value is -2.24. The van der Waals surface area contributed by atoms with E-state index in [-0.39, 0.29) is 5.91 Å². The van der Waals surface area contributed by atoms with Crippen molar-refractivity contribution in [3.63, 3.8) is 0 Å². The van der Waals surface area contributed by atoms with E-state index in [1.165, 1.54) is 12.0 Å². The molecule has 1 fully saturated rings. The lowest BCUT2D eigenvalue weighted by atomic mass is 10.00. The minimum Gasteiger partial charge on any atom is -0.492 e. The highest BCUT2D eigenvalue weighted by molar-refractivity contribution is 5.80. The predicted octanol–water partition coefficient (Wildman–Crippen LogP) is 2.58. The van der Waals surface area contributed by atoms with Gasteiger partial charge in [-0.15, -0.1) is 0 Å². The van der Waals surface area contributed by atoms with Crippen molar-refractivity contribution in [1.29, 1.82) is 0 Å². The zero-order valence-electron chi connectivity index (χ0n) is 17.0. The number of aliphatic imine (C=N–C) groups is 1. The van der Waals surface area contributed by atoms with Crippen LogP contribution in [0.5, 0.6) is 5.75 Å². The van der Waals surface area contributed by atoms with E-state index in [4.69, 9.17) is 4.74 Å². The minimum absolute atomic E-state index is 0.212. The standard InChI is InChI=1S/C21H34N4O2/c1-4-22-21(24-13-15-27-19-9-7-17(2)8-10-19)23-12-11-20(26)25-14-5-6-18(3)16-25/h7-10,18H,4-6,11-16H2,1-3H3,(H2,22,23,24). The van der Waals surface area contributed by atoms with Crippen molar-refractivity contribution >= 4 is 11.9 Å². The van der Waals surface area contributed by atoms with Crippen molar-refractivity contribution < 1.29 is 9.53 Å². The molecule has 1 aromatic rings. The number of guanidine groups is 1. The minimum atomic E-state index is 0.212. The number of amides is 1. The normalized spacial score (nSPS) is 17.5. The van der Waals surface area contributed by atoms with Gasteiger partial charge in [-0.2, -0.15) is 0 Å². The van der Waals surface area contributed by atoms with Crippen LogP contribution in [0.2, 0.25) is 0 Å². The number of nitrogens with one attached hydrogen (secondary N) is 2. The van der Waals surface area contributed by atoms with Crippen molar-refractivity contribution in [1.82, 2.24) is 15.5 Å². The monoisotopic (exact) mass is 374 g/mol. The third-order valence-corrected chi connectivity index (χ3v) is 4.63. The average Bonchev–Trinajstić information content (AvgIpc) is 2.66. The number of hydrogen-bond acceptors (Lipinski definition) is 3. The highest BCUT2D eigenvalue weighted by Gasteiger charge is 2.20. The molecule has 1 heterocycles. The maximum atomic E-state index is 12.3. The Kier molecular flexibility index (Phi) is 8.95. The summed E-state index contributed by atoms with van der Waals surface area (Å²) < 4.78 is 5.72. The van der Waals surface area contributed by atoms with Crippen LogP contribution >= 0.6 is 0 Å². The van der Waals surface area contributed by atoms with Crippen molar-refractivity contribution in [3.05, 3.63) is 29.8 Å². The summed E-state index contributed by atoms with van der Waals surface area (Å²) in [5.41, 5.74) is 1.22. The third-order valence-electron chi connectivity index (χ3n) is 4.63. The highest BCUT2D eigenvalue weighted by atomic mass is 16.5. The summed E-state index contributed by atoms with van der Waals surface area (Å²) >= 11 is 0. The Morgan fingerprint density at radius 2 is 2.07 bits per heavy atom. The predicted molar refractivity (Wildman–Crippen MR) is 110 cm³/mol. The lowest BCUT2D eigenvalue weighted by Gasteiger charge is -2.30. The summed E-state index contributed by atoms with van der Waals surface area (Å²) in [4.78, 5) is 18.8. The Bertz CT molecular complexity index is 601. The number of hydrogen-bond donors (Lipinski definition) is 2. The van der Waals surface area contributed by atoms with Crippen LogP contribution in [-0.4, -0.2) is 56.1 Å². The first kappa shape index (κ1) is 21.1. The fraction of sp³-hybridized carbons (Fsp3) is 0.619. The van der Waals surface area contributed by atoms with E-state index in [2.05, 4.69) is 29.5 Å². The van der Waals surface area contributed by atoms with Crippen molar-refractivity contribution in [2.45, 2.75) is 40.0 Å². The first-order valence-electron chi connectivity index (χ1n) is 10.1. The van der Waals surface area contributed by atoms with Gasteiger partial charge in [-0.05, 0) is 44.7 Å². The summed E-state index contributed by atoms with van der Waals surface area (Å²) in [5, 5.41) is 6.46. The summed E-state index contributed by atoms with van der Waals surface area (Å²) in [6.45, 7) is 10.6. The topological polar surface area (TPSA) is 66.0 Å². The van der Waals surface area contributed by atoms with Crippen LogP contribution < -0.4 is 15.4 Å². The van der Waals surface area contributed by atoms with Gasteiger partial charge in [0.25, 0.3) is 0 Å². The highest BCUT2D eigenvalue weighted by Crippen LogP contribution is 2.16. The van der Waals surface area contributed by atoms with Gasteiger partial charge in [0.2, 0.25) is 5.91 Å². The number of likely N-dealkylation sites (tertiary alicyclic amines) is 1. The van der Waals surface area contributed by atoms with E-state index in [9.17, 15) is 4.79 Å². The summed E-state index contributed by atoms with van der Waals surface area (Å²) in [6.07, 6.45) is 2.80. The van der Waals surface area contributed by atoms with Crippen LogP contribution in [0.3, 0.4) is 0 Å². The average molecular weight is 375 g/mol. The molecule has 1 saturated heterocycles. The maximum absolute atomic E-state index is 12.3. The zero-order valence-corrected chi connectivity index (χ0v) is 17.0. The summed E-state index contributed by atoms with van der Waals surface area (Å²) in [6, 6.07) is 8.02. The Labute approximate surface area is 163 Å². The molecule has 6 nitrogen and oxygen atoms in total. The van der Waals surface area contributed by atoms with Crippen molar-refractivity contribution in [3.8, 4) is 5.75 Å². The Morgan fingerprint density at radius 3 is 2.78 bits per heavy atom. The second-order valence-electron chi connectivity index (χ2n) is 7.19. The molecule has 1 aliphatic rings. The lowest BCUT2D eigenvalue weighted by Crippen LogP contribution is -2.40. The number of carbonyl (C=O) groups excluding carboxylic acids is 1. The van der Waals surface area contributed by atoms with E-state index < -0.39 is 0 Å². The molecule has 1 unspecified atom stereocenters. The number of carbonyl (C=O) groups is 1. The molecular weight excluding hydrogens is 340 g/mol. The van der Waals surface area contributed by atoms with Gasteiger partial charge in [-0.3, -0.25) is 9.79 Å². The van der Waals surface area contributed by atoms with Crippen molar-refractivity contribution in [2.75, 3.05) is 39.3 Å². The van der Waals surface area contributed by atoms with Crippen LogP contribution in [0.15, 0.2) is 29.3 Å². The summed E-state index contributed by atoms with van der Waals surface area (Å²) in [5.74, 6) is 2.41. The van der Waals surface area contributed by atoms with Gasteiger partial charge >= 0.3 is 0 Å². The molecule has 6 heteroatoms. The van der Waals surface area contributed by atoms with Crippen molar-refractivity contribution in [2.24, 2.45) is 10.9 Å². The number of ether oxygens (including phenoxy) is 1. The number of aryl methyl sites for hydroxylation is 1. The van der Waals surface area contributed by atoms with E-state index in [0.717, 1.165) is 37.8 Å². The number of piperidine rings is 1. The largest absolute Gasteiger partial charge is 0.492 e. The van der Waals surface area contributed by atoms with Gasteiger partial charge in [-0.1, -0.05) is 24.6 Å². The molecule has 0 spiro atoms. The SMILES string of the molecule is CCNC(=NCCC(=O)N1CCCC(C)C1)NCCOc1ccc(C)cc1. The fourth-order valence-electron chi connectivity index (χ4n) is 3.15. The Morgan fingerprint density at radius 1 is 1.30 bits per heavy atom. The molecule has 27 heavy (non-hydrogen) atoms. The molecule has 1 aromatic carbocycles. The maximum Gasteiger partial charge on any atom is 0.224 e. The van der Waals surface area contributed by atoms with E-state index in [1.54, 1.807) is 0 Å². The second kappa shape index (κ2) is 11.5. The van der Waals surface area contributed by atoms with Crippen LogP contribution in [0, 0.1) is 12.8 Å². The molecule has 0 aromatic heterocycles. The number of nitrogens with zero attached hydrogens (tertiary/aromatic N) is 2. The van der Waals surface area contributed by atoms with Gasteiger partial charge in [0.05, 0.1) is 13.1 Å². The van der Waals surface area contributed by atoms with E-state index in [1.807, 2.05) is 36.1 Å². The number of rotatable bonds is 8. The molecule has 1 atom stereocenters. The molecule has 0 saturated carbocycles. The van der Waals surface area contributed by atoms with Crippen LogP contribution in [0.4, 0.5) is 0 Å². The first-order chi connectivity index (χ1) is 13.1. The molecule has 0 aliphatic carbocycles. The molecule has 1 amide bonds. The molecule has 150 valence electrons. The molecular formula is C21H34N4O2. The van der Waals surface area contributed by atoms with Crippen LogP contribution in [-0.2, 0) is 4.79 Å². The molecule has 0 radical (unpaired) electrons. The molecule has 2 N–H and O–H groups in total. The third kappa shape index (κ3) is 7.89.